The van der Waals surface area contributed by atoms with Crippen LogP contribution >= 0.6 is 0 Å². The fraction of sp³-hybridized carbons (Fsp3) is 0.707. The Kier molecular flexibility index (Phi) is 7.82. The Morgan fingerprint density at radius 2 is 0.878 bits per heavy atom. The zero-order valence-corrected chi connectivity index (χ0v) is 27.7. The summed E-state index contributed by atoms with van der Waals surface area (Å²) < 4.78 is 0. The van der Waals surface area contributed by atoms with Gasteiger partial charge in [-0.2, -0.15) is 0 Å². The molecule has 0 spiro atoms. The van der Waals surface area contributed by atoms with Crippen molar-refractivity contribution in [2.75, 3.05) is 0 Å². The molecule has 6 rings (SSSR count). The van der Waals surface area contributed by atoms with Crippen LogP contribution in [-0.2, 0) is 0 Å². The third kappa shape index (κ3) is 5.38. The summed E-state index contributed by atoms with van der Waals surface area (Å²) in [6, 6.07) is 23.5. The molecule has 0 bridgehead atoms. The molecular formula is C41H60. The summed E-state index contributed by atoms with van der Waals surface area (Å²) in [5.41, 5.74) is 4.35. The summed E-state index contributed by atoms with van der Waals surface area (Å²) in [6.45, 7) is 20.8. The number of benzene rings is 2. The van der Waals surface area contributed by atoms with Gasteiger partial charge in [0.25, 0.3) is 0 Å². The van der Waals surface area contributed by atoms with E-state index in [9.17, 15) is 0 Å². The van der Waals surface area contributed by atoms with E-state index in [4.69, 9.17) is 0 Å². The highest BCUT2D eigenvalue weighted by molar-refractivity contribution is 5.26. The second-order valence-corrected chi connectivity index (χ2v) is 17.9. The average molecular weight is 553 g/mol. The van der Waals surface area contributed by atoms with Gasteiger partial charge in [-0.1, -0.05) is 129 Å². The summed E-state index contributed by atoms with van der Waals surface area (Å²) in [5, 5.41) is 0. The molecule has 2 aromatic carbocycles. The van der Waals surface area contributed by atoms with Crippen molar-refractivity contribution in [1.82, 2.24) is 0 Å². The van der Waals surface area contributed by atoms with Crippen molar-refractivity contribution in [3.63, 3.8) is 0 Å². The summed E-state index contributed by atoms with van der Waals surface area (Å²) in [5.74, 6) is 8.25. The Bertz CT molecular complexity index is 1060. The second-order valence-electron chi connectivity index (χ2n) is 17.9. The lowest BCUT2D eigenvalue weighted by Crippen LogP contribution is -2.43. The van der Waals surface area contributed by atoms with Gasteiger partial charge in [0.1, 0.15) is 0 Å². The lowest BCUT2D eigenvalue weighted by molar-refractivity contribution is 0.00388. The highest BCUT2D eigenvalue weighted by Crippen LogP contribution is 2.70. The normalized spacial score (nSPS) is 36.6. The van der Waals surface area contributed by atoms with Gasteiger partial charge in [-0.15, -0.1) is 0 Å². The fourth-order valence-electron chi connectivity index (χ4n) is 11.8. The predicted octanol–water partition coefficient (Wildman–Crippen LogP) is 11.8. The molecule has 0 amide bonds. The first-order valence-electron chi connectivity index (χ1n) is 17.5. The van der Waals surface area contributed by atoms with Crippen molar-refractivity contribution in [2.45, 2.75) is 119 Å². The molecule has 0 aromatic heterocycles. The fourth-order valence-corrected chi connectivity index (χ4v) is 11.8. The molecule has 4 aliphatic carbocycles. The molecule has 4 saturated carbocycles. The first kappa shape index (κ1) is 29.5. The van der Waals surface area contributed by atoms with E-state index in [0.29, 0.717) is 28.1 Å². The Hall–Kier alpha value is -1.56. The van der Waals surface area contributed by atoms with E-state index in [1.807, 2.05) is 0 Å². The molecule has 41 heavy (non-hydrogen) atoms. The van der Waals surface area contributed by atoms with Crippen LogP contribution in [0, 0.1) is 63.6 Å². The molecule has 0 nitrogen and oxygen atoms in total. The quantitative estimate of drug-likeness (QED) is 0.354. The molecule has 0 heteroatoms. The molecule has 8 atom stereocenters. The SMILES string of the molecule is CC(C)(C)C1CC2C3CC(C(C)(C)C)C(c4ccccc4)CC3C(C(C)(C)C3CCCC3)C2CC1c1ccccc1. The van der Waals surface area contributed by atoms with E-state index >= 15 is 0 Å². The van der Waals surface area contributed by atoms with E-state index in [1.165, 1.54) is 51.4 Å². The van der Waals surface area contributed by atoms with E-state index in [1.54, 1.807) is 11.1 Å². The monoisotopic (exact) mass is 552 g/mol. The second kappa shape index (κ2) is 10.9. The lowest BCUT2D eigenvalue weighted by Gasteiger charge is -2.50. The van der Waals surface area contributed by atoms with E-state index < -0.39 is 0 Å². The van der Waals surface area contributed by atoms with Crippen molar-refractivity contribution in [3.8, 4) is 0 Å². The number of hydrogen-bond acceptors (Lipinski definition) is 0. The molecule has 4 aliphatic rings. The third-order valence-electron chi connectivity index (χ3n) is 13.6. The standard InChI is InChI=1S/C41H60/c1-39(2,3)36-25-32-33-26-37(40(4,5)6)31(28-19-13-10-14-20-28)24-35(33)38(41(7,8)29-21-15-16-22-29)34(32)23-30(36)27-17-11-9-12-18-27/h9-14,17-20,29-38H,15-16,21-26H2,1-8H3. The Morgan fingerprint density at radius 1 is 0.488 bits per heavy atom. The smallest absolute Gasteiger partial charge is 0.0126 e. The van der Waals surface area contributed by atoms with Crippen molar-refractivity contribution in [3.05, 3.63) is 71.8 Å². The van der Waals surface area contributed by atoms with Gasteiger partial charge in [0, 0.05) is 0 Å². The molecule has 0 radical (unpaired) electrons. The minimum Gasteiger partial charge on any atom is -0.0622 e. The van der Waals surface area contributed by atoms with Gasteiger partial charge >= 0.3 is 0 Å². The largest absolute Gasteiger partial charge is 0.0622 e. The maximum atomic E-state index is 2.74. The van der Waals surface area contributed by atoms with Crippen LogP contribution in [0.1, 0.15) is 130 Å². The molecule has 2 aromatic rings. The first-order chi connectivity index (χ1) is 19.4. The highest BCUT2D eigenvalue weighted by atomic mass is 14.7. The predicted molar refractivity (Wildman–Crippen MR) is 176 cm³/mol. The van der Waals surface area contributed by atoms with Crippen LogP contribution in [0.25, 0.3) is 0 Å². The Morgan fingerprint density at radius 3 is 1.24 bits per heavy atom. The number of hydrogen-bond donors (Lipinski definition) is 0. The van der Waals surface area contributed by atoms with Gasteiger partial charge in [-0.3, -0.25) is 0 Å². The summed E-state index contributed by atoms with van der Waals surface area (Å²) in [7, 11) is 0. The molecule has 224 valence electrons. The zero-order chi connectivity index (χ0) is 29.2. The summed E-state index contributed by atoms with van der Waals surface area (Å²) in [6.07, 6.45) is 11.6. The van der Waals surface area contributed by atoms with E-state index in [0.717, 1.165) is 47.3 Å². The van der Waals surface area contributed by atoms with Crippen molar-refractivity contribution >= 4 is 0 Å². The molecule has 0 heterocycles. The van der Waals surface area contributed by atoms with Gasteiger partial charge in [-0.05, 0) is 125 Å². The minimum absolute atomic E-state index is 0.338. The summed E-state index contributed by atoms with van der Waals surface area (Å²) in [4.78, 5) is 0. The highest BCUT2D eigenvalue weighted by Gasteiger charge is 2.62. The summed E-state index contributed by atoms with van der Waals surface area (Å²) >= 11 is 0. The van der Waals surface area contributed by atoms with Crippen LogP contribution in [0.3, 0.4) is 0 Å². The van der Waals surface area contributed by atoms with Crippen LogP contribution in [-0.4, -0.2) is 0 Å². The molecule has 0 N–H and O–H groups in total. The van der Waals surface area contributed by atoms with Gasteiger partial charge in [0.05, 0.1) is 0 Å². The molecule has 0 aliphatic heterocycles. The Labute approximate surface area is 253 Å². The van der Waals surface area contributed by atoms with Crippen LogP contribution in [0.5, 0.6) is 0 Å². The number of rotatable bonds is 4. The average Bonchev–Trinajstić information content (AvgIpc) is 3.59. The van der Waals surface area contributed by atoms with Crippen LogP contribution in [0.4, 0.5) is 0 Å². The van der Waals surface area contributed by atoms with E-state index in [2.05, 4.69) is 116 Å². The van der Waals surface area contributed by atoms with Crippen molar-refractivity contribution < 1.29 is 0 Å². The number of fused-ring (bicyclic) bond motifs is 3. The van der Waals surface area contributed by atoms with Gasteiger partial charge < -0.3 is 0 Å². The van der Waals surface area contributed by atoms with Crippen molar-refractivity contribution in [2.24, 2.45) is 63.6 Å². The zero-order valence-electron chi connectivity index (χ0n) is 27.7. The third-order valence-corrected chi connectivity index (χ3v) is 13.6. The molecule has 0 saturated heterocycles. The molecular weight excluding hydrogens is 492 g/mol. The van der Waals surface area contributed by atoms with Gasteiger partial charge in [-0.25, -0.2) is 0 Å². The maximum absolute atomic E-state index is 2.74. The molecule has 4 fully saturated rings. The topological polar surface area (TPSA) is 0 Å². The van der Waals surface area contributed by atoms with Gasteiger partial charge in [0.2, 0.25) is 0 Å². The lowest BCUT2D eigenvalue weighted by atomic mass is 9.54. The van der Waals surface area contributed by atoms with Gasteiger partial charge in [0.15, 0.2) is 0 Å². The van der Waals surface area contributed by atoms with Crippen LogP contribution < -0.4 is 0 Å². The Balaban J connectivity index is 1.44. The molecule has 8 unspecified atom stereocenters. The minimum atomic E-state index is 0.338. The maximum Gasteiger partial charge on any atom is -0.0126 e. The van der Waals surface area contributed by atoms with E-state index in [-0.39, 0.29) is 0 Å². The first-order valence-corrected chi connectivity index (χ1v) is 17.5. The van der Waals surface area contributed by atoms with Crippen molar-refractivity contribution in [1.29, 1.82) is 0 Å². The van der Waals surface area contributed by atoms with Crippen LogP contribution in [0.2, 0.25) is 0 Å². The van der Waals surface area contributed by atoms with Crippen LogP contribution in [0.15, 0.2) is 60.7 Å².